The molecule has 0 aliphatic carbocycles. The number of aromatic nitrogens is 3. The molecule has 0 atom stereocenters. The van der Waals surface area contributed by atoms with Crippen molar-refractivity contribution in [1.82, 2.24) is 14.5 Å². The van der Waals surface area contributed by atoms with E-state index in [0.29, 0.717) is 5.56 Å². The van der Waals surface area contributed by atoms with Crippen LogP contribution in [0.5, 0.6) is 0 Å². The monoisotopic (exact) mass is 365 g/mol. The van der Waals surface area contributed by atoms with Crippen molar-refractivity contribution in [2.75, 3.05) is 0 Å². The molecule has 3 rings (SSSR count). The average molecular weight is 365 g/mol. The second-order valence-corrected chi connectivity index (χ2v) is 6.01. The van der Waals surface area contributed by atoms with Gasteiger partial charge in [0.2, 0.25) is 0 Å². The van der Waals surface area contributed by atoms with E-state index in [1.165, 1.54) is 11.6 Å². The first-order valence-electron chi connectivity index (χ1n) is 7.53. The van der Waals surface area contributed by atoms with Crippen LogP contribution in [0.25, 0.3) is 22.3 Å². The molecule has 0 saturated carbocycles. The molecule has 25 heavy (non-hydrogen) atoms. The number of alkyl halides is 3. The van der Waals surface area contributed by atoms with Crippen LogP contribution in [0.15, 0.2) is 35.1 Å². The zero-order chi connectivity index (χ0) is 18.4. The number of pyridine rings is 1. The Morgan fingerprint density at radius 2 is 1.88 bits per heavy atom. The van der Waals surface area contributed by atoms with Crippen LogP contribution >= 0.6 is 12.2 Å². The highest BCUT2D eigenvalue weighted by Crippen LogP contribution is 2.35. The standard InChI is InChI=1S/C17H14F3N3OS/c1-3-9-4-6-10(7-5-9)12-8-11(17(18,19)20)13-14(21-12)23(2)16(25)22-15(13)24/h4-8H,3H2,1-2H3,(H,22,24,25). The van der Waals surface area contributed by atoms with Crippen LogP contribution in [-0.2, 0) is 19.6 Å². The smallest absolute Gasteiger partial charge is 0.306 e. The third kappa shape index (κ3) is 3.09. The molecule has 2 heterocycles. The number of rotatable bonds is 2. The summed E-state index contributed by atoms with van der Waals surface area (Å²) >= 11 is 4.98. The Bertz CT molecular complexity index is 1070. The fourth-order valence-electron chi connectivity index (χ4n) is 2.62. The van der Waals surface area contributed by atoms with E-state index in [2.05, 4.69) is 9.97 Å². The number of hydrogen-bond donors (Lipinski definition) is 1. The van der Waals surface area contributed by atoms with Crippen molar-refractivity contribution < 1.29 is 13.2 Å². The van der Waals surface area contributed by atoms with Crippen molar-refractivity contribution >= 4 is 23.3 Å². The molecule has 0 unspecified atom stereocenters. The van der Waals surface area contributed by atoms with Gasteiger partial charge in [0.15, 0.2) is 4.77 Å². The lowest BCUT2D eigenvalue weighted by molar-refractivity contribution is -0.136. The van der Waals surface area contributed by atoms with E-state index in [-0.39, 0.29) is 16.1 Å². The van der Waals surface area contributed by atoms with Crippen molar-refractivity contribution in [3.63, 3.8) is 0 Å². The number of fused-ring (bicyclic) bond motifs is 1. The largest absolute Gasteiger partial charge is 0.417 e. The number of benzene rings is 1. The molecule has 1 aromatic carbocycles. The summed E-state index contributed by atoms with van der Waals surface area (Å²) in [5.41, 5.74) is -0.285. The van der Waals surface area contributed by atoms with E-state index >= 15 is 0 Å². The van der Waals surface area contributed by atoms with Crippen LogP contribution in [-0.4, -0.2) is 14.5 Å². The highest BCUT2D eigenvalue weighted by Gasteiger charge is 2.35. The minimum atomic E-state index is -4.69. The lowest BCUT2D eigenvalue weighted by atomic mass is 10.0. The lowest BCUT2D eigenvalue weighted by Gasteiger charge is -2.14. The van der Waals surface area contributed by atoms with Crippen molar-refractivity contribution in [2.45, 2.75) is 19.5 Å². The SMILES string of the molecule is CCc1ccc(-c2cc(C(F)(F)F)c3c(=O)[nH]c(=S)n(C)c3n2)cc1. The molecule has 0 spiro atoms. The number of nitrogens with one attached hydrogen (secondary N) is 1. The van der Waals surface area contributed by atoms with Gasteiger partial charge in [0.25, 0.3) is 5.56 Å². The summed E-state index contributed by atoms with van der Waals surface area (Å²) in [6, 6.07) is 8.01. The molecule has 0 saturated heterocycles. The summed E-state index contributed by atoms with van der Waals surface area (Å²) in [4.78, 5) is 18.6. The summed E-state index contributed by atoms with van der Waals surface area (Å²) < 4.78 is 41.9. The van der Waals surface area contributed by atoms with Gasteiger partial charge in [-0.05, 0) is 30.3 Å². The Hall–Kier alpha value is -2.48. The highest BCUT2D eigenvalue weighted by molar-refractivity contribution is 7.71. The molecule has 0 amide bonds. The Morgan fingerprint density at radius 3 is 2.44 bits per heavy atom. The normalized spacial score (nSPS) is 11.9. The van der Waals surface area contributed by atoms with Crippen LogP contribution in [0, 0.1) is 4.77 Å². The van der Waals surface area contributed by atoms with Gasteiger partial charge < -0.3 is 4.57 Å². The van der Waals surface area contributed by atoms with Gasteiger partial charge >= 0.3 is 6.18 Å². The average Bonchev–Trinajstić information content (AvgIpc) is 2.58. The van der Waals surface area contributed by atoms with Gasteiger partial charge in [-0.25, -0.2) is 4.98 Å². The molecular formula is C17H14F3N3OS. The van der Waals surface area contributed by atoms with Crippen molar-refractivity contribution in [3.8, 4) is 11.3 Å². The van der Waals surface area contributed by atoms with Gasteiger partial charge in [-0.1, -0.05) is 31.2 Å². The first kappa shape index (κ1) is 17.3. The maximum absolute atomic E-state index is 13.5. The number of H-pyrrole nitrogens is 1. The Morgan fingerprint density at radius 1 is 1.24 bits per heavy atom. The number of halogens is 3. The van der Waals surface area contributed by atoms with Gasteiger partial charge in [-0.15, -0.1) is 0 Å². The second-order valence-electron chi connectivity index (χ2n) is 5.62. The summed E-state index contributed by atoms with van der Waals surface area (Å²) in [7, 11) is 1.47. The van der Waals surface area contributed by atoms with E-state index in [4.69, 9.17) is 12.2 Å². The van der Waals surface area contributed by atoms with Crippen molar-refractivity contribution in [2.24, 2.45) is 7.05 Å². The Balaban J connectivity index is 2.40. The van der Waals surface area contributed by atoms with Crippen LogP contribution in [0.2, 0.25) is 0 Å². The van der Waals surface area contributed by atoms with Gasteiger partial charge in [0, 0.05) is 12.6 Å². The first-order chi connectivity index (χ1) is 11.7. The predicted molar refractivity (Wildman–Crippen MR) is 92.0 cm³/mol. The maximum atomic E-state index is 13.5. The fourth-order valence-corrected chi connectivity index (χ4v) is 2.80. The molecule has 0 fully saturated rings. The summed E-state index contributed by atoms with van der Waals surface area (Å²) in [6.07, 6.45) is -3.87. The zero-order valence-electron chi connectivity index (χ0n) is 13.4. The summed E-state index contributed by atoms with van der Waals surface area (Å²) in [5.74, 6) is 0. The molecule has 3 aromatic rings. The topological polar surface area (TPSA) is 50.7 Å². The predicted octanol–water partition coefficient (Wildman–Crippen LogP) is 4.24. The summed E-state index contributed by atoms with van der Waals surface area (Å²) in [6.45, 7) is 1.99. The van der Waals surface area contributed by atoms with Crippen LogP contribution < -0.4 is 5.56 Å². The molecule has 0 bridgehead atoms. The molecule has 8 heteroatoms. The van der Waals surface area contributed by atoms with Crippen molar-refractivity contribution in [3.05, 3.63) is 56.6 Å². The van der Waals surface area contributed by atoms with E-state index in [0.717, 1.165) is 18.1 Å². The van der Waals surface area contributed by atoms with Gasteiger partial charge in [0.1, 0.15) is 5.65 Å². The van der Waals surface area contributed by atoms with E-state index in [1.54, 1.807) is 12.1 Å². The molecule has 2 aromatic heterocycles. The lowest BCUT2D eigenvalue weighted by Crippen LogP contribution is -2.19. The molecule has 4 nitrogen and oxygen atoms in total. The molecule has 0 aliphatic heterocycles. The van der Waals surface area contributed by atoms with Gasteiger partial charge in [-0.3, -0.25) is 9.78 Å². The molecule has 0 radical (unpaired) electrons. The third-order valence-corrected chi connectivity index (χ3v) is 4.41. The highest BCUT2D eigenvalue weighted by atomic mass is 32.1. The maximum Gasteiger partial charge on any atom is 0.417 e. The quantitative estimate of drug-likeness (QED) is 0.691. The zero-order valence-corrected chi connectivity index (χ0v) is 14.3. The minimum absolute atomic E-state index is 0.0107. The molecule has 1 N–H and O–H groups in total. The third-order valence-electron chi connectivity index (χ3n) is 4.03. The van der Waals surface area contributed by atoms with Crippen LogP contribution in [0.4, 0.5) is 13.2 Å². The molecular weight excluding hydrogens is 351 g/mol. The molecule has 130 valence electrons. The second kappa shape index (κ2) is 6.11. The fraction of sp³-hybridized carbons (Fsp3) is 0.235. The van der Waals surface area contributed by atoms with Crippen LogP contribution in [0.3, 0.4) is 0 Å². The Kier molecular flexibility index (Phi) is 4.24. The molecule has 0 aliphatic rings. The first-order valence-corrected chi connectivity index (χ1v) is 7.93. The van der Waals surface area contributed by atoms with Crippen molar-refractivity contribution in [1.29, 1.82) is 0 Å². The van der Waals surface area contributed by atoms with Gasteiger partial charge in [-0.2, -0.15) is 13.2 Å². The number of nitrogens with zero attached hydrogens (tertiary/aromatic N) is 2. The van der Waals surface area contributed by atoms with Gasteiger partial charge in [0.05, 0.1) is 16.6 Å². The number of hydrogen-bond acceptors (Lipinski definition) is 3. The van der Waals surface area contributed by atoms with E-state index in [1.807, 2.05) is 19.1 Å². The number of aryl methyl sites for hydroxylation is 2. The van der Waals surface area contributed by atoms with E-state index < -0.39 is 22.7 Å². The number of aromatic amines is 1. The Labute approximate surface area is 146 Å². The van der Waals surface area contributed by atoms with Crippen LogP contribution in [0.1, 0.15) is 18.1 Å². The van der Waals surface area contributed by atoms with E-state index in [9.17, 15) is 18.0 Å². The minimum Gasteiger partial charge on any atom is -0.306 e. The summed E-state index contributed by atoms with van der Waals surface area (Å²) in [5, 5.41) is -0.516.